The van der Waals surface area contributed by atoms with Crippen LogP contribution in [0.5, 0.6) is 0 Å². The standard InChI is InChI=1S/C12H20SSi/c1-2-3-7-10-13-11-14-12-8-5-4-6-9-12/h4-6,8-9H,2-3,7,10-11,14H2,1H3. The van der Waals surface area contributed by atoms with Crippen molar-refractivity contribution in [2.24, 2.45) is 0 Å². The Kier molecular flexibility index (Phi) is 6.88. The highest BCUT2D eigenvalue weighted by Gasteiger charge is 1.93. The van der Waals surface area contributed by atoms with E-state index in [1.165, 1.54) is 30.4 Å². The second-order valence-electron chi connectivity index (χ2n) is 3.56. The number of hydrogen-bond donors (Lipinski definition) is 0. The summed E-state index contributed by atoms with van der Waals surface area (Å²) in [6.07, 6.45) is 4.15. The summed E-state index contributed by atoms with van der Waals surface area (Å²) in [5.41, 5.74) is 0. The molecule has 0 amide bonds. The van der Waals surface area contributed by atoms with Gasteiger partial charge in [0.2, 0.25) is 0 Å². The van der Waals surface area contributed by atoms with Crippen LogP contribution >= 0.6 is 11.8 Å². The average molecular weight is 224 g/mol. The SMILES string of the molecule is CCCCCSC[SiH2]c1ccccc1. The first-order valence-electron chi connectivity index (χ1n) is 5.55. The van der Waals surface area contributed by atoms with Gasteiger partial charge < -0.3 is 0 Å². The van der Waals surface area contributed by atoms with Crippen molar-refractivity contribution >= 4 is 26.5 Å². The van der Waals surface area contributed by atoms with Crippen LogP contribution in [0.1, 0.15) is 26.2 Å². The van der Waals surface area contributed by atoms with E-state index in [9.17, 15) is 0 Å². The van der Waals surface area contributed by atoms with Crippen LogP contribution in [-0.2, 0) is 0 Å². The fraction of sp³-hybridized carbons (Fsp3) is 0.500. The van der Waals surface area contributed by atoms with Crippen LogP contribution in [-0.4, -0.2) is 20.6 Å². The van der Waals surface area contributed by atoms with Crippen molar-refractivity contribution in [3.63, 3.8) is 0 Å². The molecule has 2 heteroatoms. The van der Waals surface area contributed by atoms with Crippen LogP contribution in [0.3, 0.4) is 0 Å². The number of rotatable bonds is 7. The van der Waals surface area contributed by atoms with E-state index in [1.54, 1.807) is 5.19 Å². The molecule has 1 aromatic carbocycles. The molecule has 0 heterocycles. The van der Waals surface area contributed by atoms with Crippen LogP contribution < -0.4 is 5.19 Å². The summed E-state index contributed by atoms with van der Waals surface area (Å²) in [6, 6.07) is 11.0. The highest BCUT2D eigenvalue weighted by atomic mass is 32.2. The number of hydrogen-bond acceptors (Lipinski definition) is 1. The molecule has 0 saturated carbocycles. The lowest BCUT2D eigenvalue weighted by Gasteiger charge is -2.00. The average Bonchev–Trinajstić information content (AvgIpc) is 2.25. The largest absolute Gasteiger partial charge is 0.165 e. The molecule has 1 rings (SSSR count). The van der Waals surface area contributed by atoms with E-state index in [-0.39, 0.29) is 9.52 Å². The van der Waals surface area contributed by atoms with E-state index in [0.717, 1.165) is 0 Å². The highest BCUT2D eigenvalue weighted by Crippen LogP contribution is 2.04. The van der Waals surface area contributed by atoms with Crippen molar-refractivity contribution < 1.29 is 0 Å². The third-order valence-corrected chi connectivity index (χ3v) is 5.87. The van der Waals surface area contributed by atoms with Crippen molar-refractivity contribution in [3.05, 3.63) is 30.3 Å². The molecule has 0 aliphatic rings. The molecule has 78 valence electrons. The Balaban J connectivity index is 1.99. The van der Waals surface area contributed by atoms with Gasteiger partial charge in [-0.25, -0.2) is 0 Å². The summed E-state index contributed by atoms with van der Waals surface area (Å²) < 4.78 is 0. The maximum atomic E-state index is 2.28. The smallest absolute Gasteiger partial charge is 0.0654 e. The Morgan fingerprint density at radius 1 is 1.14 bits per heavy atom. The summed E-state index contributed by atoms with van der Waals surface area (Å²) in [4.78, 5) is 0. The van der Waals surface area contributed by atoms with E-state index >= 15 is 0 Å². The Morgan fingerprint density at radius 2 is 1.93 bits per heavy atom. The minimum absolute atomic E-state index is 0.0173. The zero-order chi connectivity index (χ0) is 10.1. The number of benzene rings is 1. The van der Waals surface area contributed by atoms with Gasteiger partial charge in [-0.1, -0.05) is 55.3 Å². The van der Waals surface area contributed by atoms with Crippen molar-refractivity contribution in [1.29, 1.82) is 0 Å². The molecular formula is C12H20SSi. The third-order valence-electron chi connectivity index (χ3n) is 2.27. The Bertz CT molecular complexity index is 223. The molecule has 0 aliphatic carbocycles. The number of unbranched alkanes of at least 4 members (excludes halogenated alkanes) is 2. The van der Waals surface area contributed by atoms with Gasteiger partial charge in [0.05, 0.1) is 9.52 Å². The van der Waals surface area contributed by atoms with Gasteiger partial charge in [0.15, 0.2) is 0 Å². The molecule has 0 N–H and O–H groups in total. The molecule has 0 radical (unpaired) electrons. The van der Waals surface area contributed by atoms with Crippen molar-refractivity contribution in [3.8, 4) is 0 Å². The van der Waals surface area contributed by atoms with Crippen molar-refractivity contribution in [1.82, 2.24) is 0 Å². The molecule has 0 fully saturated rings. The molecule has 14 heavy (non-hydrogen) atoms. The van der Waals surface area contributed by atoms with Crippen LogP contribution in [0.2, 0.25) is 0 Å². The number of thioether (sulfide) groups is 1. The fourth-order valence-electron chi connectivity index (χ4n) is 1.39. The van der Waals surface area contributed by atoms with Gasteiger partial charge in [0, 0.05) is 0 Å². The lowest BCUT2D eigenvalue weighted by molar-refractivity contribution is 0.779. The monoisotopic (exact) mass is 224 g/mol. The van der Waals surface area contributed by atoms with E-state index in [2.05, 4.69) is 49.0 Å². The molecule has 0 nitrogen and oxygen atoms in total. The Morgan fingerprint density at radius 3 is 2.64 bits per heavy atom. The first-order valence-corrected chi connectivity index (χ1v) is 8.41. The van der Waals surface area contributed by atoms with Crippen molar-refractivity contribution in [2.75, 3.05) is 11.1 Å². The Labute approximate surface area is 94.3 Å². The molecule has 0 unspecified atom stereocenters. The van der Waals surface area contributed by atoms with E-state index in [4.69, 9.17) is 0 Å². The molecule has 0 spiro atoms. The highest BCUT2D eigenvalue weighted by molar-refractivity contribution is 8.00. The van der Waals surface area contributed by atoms with Gasteiger partial charge in [-0.3, -0.25) is 0 Å². The molecule has 1 aromatic rings. The van der Waals surface area contributed by atoms with Gasteiger partial charge in [-0.15, -0.1) is 0 Å². The molecule has 0 saturated heterocycles. The van der Waals surface area contributed by atoms with Crippen LogP contribution in [0.4, 0.5) is 0 Å². The van der Waals surface area contributed by atoms with E-state index in [1.807, 2.05) is 0 Å². The quantitative estimate of drug-likeness (QED) is 0.506. The first kappa shape index (κ1) is 11.9. The van der Waals surface area contributed by atoms with Gasteiger partial charge >= 0.3 is 0 Å². The summed E-state index contributed by atoms with van der Waals surface area (Å²) in [7, 11) is 0.0173. The van der Waals surface area contributed by atoms with Crippen molar-refractivity contribution in [2.45, 2.75) is 26.2 Å². The zero-order valence-electron chi connectivity index (χ0n) is 9.04. The maximum absolute atomic E-state index is 2.28. The predicted molar refractivity (Wildman–Crippen MR) is 71.5 cm³/mol. The van der Waals surface area contributed by atoms with Gasteiger partial charge in [-0.05, 0) is 17.5 Å². The van der Waals surface area contributed by atoms with Crippen LogP contribution in [0.25, 0.3) is 0 Å². The lowest BCUT2D eigenvalue weighted by Crippen LogP contribution is -2.15. The molecular weight excluding hydrogens is 204 g/mol. The summed E-state index contributed by atoms with van der Waals surface area (Å²) in [5.74, 6) is 1.37. The topological polar surface area (TPSA) is 0 Å². The molecule has 0 bridgehead atoms. The second kappa shape index (κ2) is 8.12. The van der Waals surface area contributed by atoms with Gasteiger partial charge in [-0.2, -0.15) is 11.8 Å². The summed E-state index contributed by atoms with van der Waals surface area (Å²) >= 11 is 2.15. The summed E-state index contributed by atoms with van der Waals surface area (Å²) in [5, 5.41) is 3.02. The third kappa shape index (κ3) is 5.50. The molecule has 0 atom stereocenters. The van der Waals surface area contributed by atoms with E-state index in [0.29, 0.717) is 0 Å². The second-order valence-corrected chi connectivity index (χ2v) is 7.32. The minimum atomic E-state index is 0.0173. The molecule has 0 aromatic heterocycles. The lowest BCUT2D eigenvalue weighted by atomic mass is 10.3. The van der Waals surface area contributed by atoms with Gasteiger partial charge in [0.25, 0.3) is 0 Å². The van der Waals surface area contributed by atoms with Crippen LogP contribution in [0.15, 0.2) is 30.3 Å². The normalized spacial score (nSPS) is 11.2. The van der Waals surface area contributed by atoms with Crippen LogP contribution in [0, 0.1) is 0 Å². The first-order chi connectivity index (χ1) is 6.93. The molecule has 0 aliphatic heterocycles. The predicted octanol–water partition coefficient (Wildman–Crippen LogP) is 2.36. The van der Waals surface area contributed by atoms with E-state index < -0.39 is 0 Å². The zero-order valence-corrected chi connectivity index (χ0v) is 11.3. The summed E-state index contributed by atoms with van der Waals surface area (Å²) in [6.45, 7) is 2.27. The Hall–Kier alpha value is -0.213. The van der Waals surface area contributed by atoms with Gasteiger partial charge in [0.1, 0.15) is 0 Å². The minimum Gasteiger partial charge on any atom is -0.165 e. The fourth-order valence-corrected chi connectivity index (χ4v) is 4.74. The maximum Gasteiger partial charge on any atom is 0.0654 e.